The van der Waals surface area contributed by atoms with Crippen LogP contribution in [0.5, 0.6) is 17.2 Å². The summed E-state index contributed by atoms with van der Waals surface area (Å²) in [5, 5.41) is 2.21. The summed E-state index contributed by atoms with van der Waals surface area (Å²) in [6.45, 7) is 0. The average Bonchev–Trinajstić information content (AvgIpc) is 2.72. The highest BCUT2D eigenvalue weighted by atomic mass is 32.1. The number of hydrogen-bond donors (Lipinski definition) is 1. The predicted molar refractivity (Wildman–Crippen MR) is 112 cm³/mol. The fourth-order valence-corrected chi connectivity index (χ4v) is 3.85. The maximum absolute atomic E-state index is 12.7. The van der Waals surface area contributed by atoms with Crippen LogP contribution in [0.2, 0.25) is 0 Å². The fourth-order valence-electron chi connectivity index (χ4n) is 2.99. The van der Waals surface area contributed by atoms with Crippen LogP contribution in [0, 0.1) is 0 Å². The quantitative estimate of drug-likeness (QED) is 0.406. The lowest BCUT2D eigenvalue weighted by molar-refractivity contribution is 0.0734. The summed E-state index contributed by atoms with van der Waals surface area (Å²) in [5.41, 5.74) is 5.79. The van der Waals surface area contributed by atoms with Crippen LogP contribution >= 0.6 is 11.3 Å². The van der Waals surface area contributed by atoms with E-state index in [2.05, 4.69) is 4.98 Å². The zero-order chi connectivity index (χ0) is 20.5. The van der Waals surface area contributed by atoms with Gasteiger partial charge in [0.05, 0.1) is 14.2 Å². The van der Waals surface area contributed by atoms with E-state index in [1.165, 1.54) is 20.3 Å². The predicted octanol–water partition coefficient (Wildman–Crippen LogP) is 3.63. The molecule has 2 aromatic carbocycles. The van der Waals surface area contributed by atoms with Crippen molar-refractivity contribution >= 4 is 44.0 Å². The molecule has 0 unspecified atom stereocenters. The largest absolute Gasteiger partial charge is 0.493 e. The molecule has 4 rings (SSSR count). The minimum atomic E-state index is -0.732. The fraction of sp³-hybridized carbons (Fsp3) is 0.0952. The first-order valence-electron chi connectivity index (χ1n) is 8.56. The van der Waals surface area contributed by atoms with Gasteiger partial charge in [0, 0.05) is 22.3 Å². The lowest BCUT2D eigenvalue weighted by atomic mass is 10.1. The second-order valence-electron chi connectivity index (χ2n) is 6.16. The zero-order valence-corrected chi connectivity index (χ0v) is 16.4. The summed E-state index contributed by atoms with van der Waals surface area (Å²) in [4.78, 5) is 29.2. The van der Waals surface area contributed by atoms with Crippen LogP contribution < -0.4 is 24.7 Å². The van der Waals surface area contributed by atoms with E-state index < -0.39 is 10.7 Å². The van der Waals surface area contributed by atoms with Gasteiger partial charge in [0.2, 0.25) is 4.74 Å². The summed E-state index contributed by atoms with van der Waals surface area (Å²) >= 11 is 0.944. The smallest absolute Gasteiger partial charge is 0.348 e. The Morgan fingerprint density at radius 3 is 2.52 bits per heavy atom. The lowest BCUT2D eigenvalue weighted by Crippen LogP contribution is -2.17. The van der Waals surface area contributed by atoms with Crippen molar-refractivity contribution in [2.75, 3.05) is 20.0 Å². The molecule has 2 heterocycles. The van der Waals surface area contributed by atoms with E-state index in [0.717, 1.165) is 22.1 Å². The summed E-state index contributed by atoms with van der Waals surface area (Å²) in [7, 11) is 3.04. The first kappa shape index (κ1) is 18.7. The van der Waals surface area contributed by atoms with Crippen LogP contribution in [0.15, 0.2) is 53.5 Å². The van der Waals surface area contributed by atoms with Crippen molar-refractivity contribution in [3.63, 3.8) is 0 Å². The molecule has 0 aliphatic heterocycles. The van der Waals surface area contributed by atoms with Gasteiger partial charge in [-0.25, -0.2) is 9.78 Å². The van der Waals surface area contributed by atoms with E-state index in [9.17, 15) is 9.59 Å². The van der Waals surface area contributed by atoms with Gasteiger partial charge < -0.3 is 19.9 Å². The first-order chi connectivity index (χ1) is 14.0. The number of methoxy groups -OCH3 is 2. The van der Waals surface area contributed by atoms with Gasteiger partial charge in [0.15, 0.2) is 11.5 Å². The summed E-state index contributed by atoms with van der Waals surface area (Å²) < 4.78 is 16.3. The number of nitrogen functional groups attached to an aromatic ring is 1. The summed E-state index contributed by atoms with van der Waals surface area (Å²) in [5.74, 6) is 0.985. The standard InChI is InChI=1S/C21H16N2O5S/c1-26-16-9-12-8-15(21(25)29-18(12)10-17(16)27-2)20(24)28-13-3-4-14-11(7-13)5-6-23-19(14)22/h3-10H,1-2H3,(H2,22,23). The van der Waals surface area contributed by atoms with Crippen LogP contribution in [0.4, 0.5) is 5.82 Å². The topological polar surface area (TPSA) is 101 Å². The maximum atomic E-state index is 12.7. The molecule has 2 N–H and O–H groups in total. The minimum Gasteiger partial charge on any atom is -0.493 e. The van der Waals surface area contributed by atoms with E-state index in [1.807, 2.05) is 0 Å². The molecule has 0 saturated heterocycles. The molecule has 0 atom stereocenters. The number of ether oxygens (including phenoxy) is 3. The normalized spacial score (nSPS) is 10.8. The van der Waals surface area contributed by atoms with E-state index >= 15 is 0 Å². The number of hydrogen-bond acceptors (Lipinski definition) is 8. The molecular weight excluding hydrogens is 392 g/mol. The first-order valence-corrected chi connectivity index (χ1v) is 9.38. The number of benzene rings is 2. The van der Waals surface area contributed by atoms with Crippen LogP contribution in [-0.2, 0) is 0 Å². The molecule has 0 bridgehead atoms. The third-order valence-electron chi connectivity index (χ3n) is 4.44. The second kappa shape index (κ2) is 7.40. The second-order valence-corrected chi connectivity index (χ2v) is 7.18. The van der Waals surface area contributed by atoms with E-state index in [1.54, 1.807) is 42.6 Å². The molecule has 8 heteroatoms. The summed E-state index contributed by atoms with van der Waals surface area (Å²) in [6, 6.07) is 11.7. The SMILES string of the molecule is COc1cc2cc(C(=O)Oc3ccc4c(N)nccc4c3)c(=O)sc2cc1OC. The Morgan fingerprint density at radius 1 is 1.00 bits per heavy atom. The Labute approximate surface area is 169 Å². The van der Waals surface area contributed by atoms with Gasteiger partial charge in [0.1, 0.15) is 17.1 Å². The molecule has 0 radical (unpaired) electrons. The van der Waals surface area contributed by atoms with Crippen molar-refractivity contribution in [1.82, 2.24) is 4.98 Å². The Morgan fingerprint density at radius 2 is 1.76 bits per heavy atom. The Hall–Kier alpha value is -3.65. The highest BCUT2D eigenvalue weighted by molar-refractivity contribution is 7.16. The van der Waals surface area contributed by atoms with E-state index in [0.29, 0.717) is 33.2 Å². The van der Waals surface area contributed by atoms with Gasteiger partial charge in [0.25, 0.3) is 0 Å². The van der Waals surface area contributed by atoms with Gasteiger partial charge >= 0.3 is 5.97 Å². The molecule has 7 nitrogen and oxygen atoms in total. The molecule has 0 fully saturated rings. The molecule has 0 spiro atoms. The third-order valence-corrected chi connectivity index (χ3v) is 5.41. The van der Waals surface area contributed by atoms with Crippen LogP contribution in [0.1, 0.15) is 10.4 Å². The lowest BCUT2D eigenvalue weighted by Gasteiger charge is -2.10. The molecule has 0 aliphatic rings. The van der Waals surface area contributed by atoms with Gasteiger partial charge in [-0.3, -0.25) is 4.79 Å². The number of carbonyl (C=O) groups excluding carboxylic acids is 1. The zero-order valence-electron chi connectivity index (χ0n) is 15.6. The average molecular weight is 408 g/mol. The van der Waals surface area contributed by atoms with Crippen LogP contribution in [0.3, 0.4) is 0 Å². The third kappa shape index (κ3) is 3.45. The molecular formula is C21H16N2O5S. The number of pyridine rings is 1. The number of fused-ring (bicyclic) bond motifs is 2. The van der Waals surface area contributed by atoms with Crippen molar-refractivity contribution in [3.8, 4) is 17.2 Å². The van der Waals surface area contributed by atoms with Crippen molar-refractivity contribution in [3.05, 3.63) is 63.8 Å². The van der Waals surface area contributed by atoms with Crippen molar-refractivity contribution in [2.45, 2.75) is 0 Å². The van der Waals surface area contributed by atoms with Gasteiger partial charge in [-0.05, 0) is 47.2 Å². The Bertz CT molecular complexity index is 1320. The highest BCUT2D eigenvalue weighted by Crippen LogP contribution is 2.33. The van der Waals surface area contributed by atoms with E-state index in [4.69, 9.17) is 19.9 Å². The van der Waals surface area contributed by atoms with Gasteiger partial charge in [-0.15, -0.1) is 0 Å². The molecule has 29 heavy (non-hydrogen) atoms. The molecule has 0 saturated carbocycles. The van der Waals surface area contributed by atoms with Gasteiger partial charge in [-0.2, -0.15) is 0 Å². The van der Waals surface area contributed by atoms with E-state index in [-0.39, 0.29) is 5.56 Å². The number of carbonyl (C=O) groups is 1. The highest BCUT2D eigenvalue weighted by Gasteiger charge is 2.17. The van der Waals surface area contributed by atoms with Crippen LogP contribution in [0.25, 0.3) is 20.9 Å². The Kier molecular flexibility index (Phi) is 4.77. The molecule has 0 amide bonds. The van der Waals surface area contributed by atoms with Crippen molar-refractivity contribution in [1.29, 1.82) is 0 Å². The van der Waals surface area contributed by atoms with Gasteiger partial charge in [-0.1, -0.05) is 11.3 Å². The molecule has 2 aromatic heterocycles. The number of esters is 1. The maximum Gasteiger partial charge on any atom is 0.348 e. The number of aromatic nitrogens is 1. The molecule has 146 valence electrons. The number of nitrogens with two attached hydrogens (primary N) is 1. The Balaban J connectivity index is 1.71. The number of rotatable bonds is 4. The van der Waals surface area contributed by atoms with Crippen LogP contribution in [-0.4, -0.2) is 25.2 Å². The molecule has 0 aliphatic carbocycles. The number of anilines is 1. The monoisotopic (exact) mass is 408 g/mol. The van der Waals surface area contributed by atoms with Crippen molar-refractivity contribution in [2.24, 2.45) is 0 Å². The van der Waals surface area contributed by atoms with Crippen molar-refractivity contribution < 1.29 is 19.0 Å². The summed E-state index contributed by atoms with van der Waals surface area (Å²) in [6.07, 6.45) is 1.58. The minimum absolute atomic E-state index is 0.0518. The molecule has 4 aromatic rings. The number of nitrogens with zero attached hydrogens (tertiary/aromatic N) is 1.